The molecule has 7 heteroatoms. The zero-order valence-corrected chi connectivity index (χ0v) is 14.0. The van der Waals surface area contributed by atoms with Crippen LogP contribution in [0.5, 0.6) is 0 Å². The highest BCUT2D eigenvalue weighted by Crippen LogP contribution is 2.26. The molecule has 0 spiro atoms. The lowest BCUT2D eigenvalue weighted by Gasteiger charge is -2.31. The number of morpholine rings is 1. The van der Waals surface area contributed by atoms with Gasteiger partial charge in [0.15, 0.2) is 0 Å². The summed E-state index contributed by atoms with van der Waals surface area (Å²) in [5, 5.41) is 2.92. The second kappa shape index (κ2) is 6.59. The number of carbonyl (C=O) groups excluding carboxylic acids is 1. The maximum Gasteiger partial charge on any atom is 0.223 e. The van der Waals surface area contributed by atoms with Crippen molar-refractivity contribution in [3.05, 3.63) is 35.4 Å². The van der Waals surface area contributed by atoms with Crippen LogP contribution in [0.25, 0.3) is 0 Å². The first-order chi connectivity index (χ1) is 10.9. The Morgan fingerprint density at radius 2 is 1.96 bits per heavy atom. The third kappa shape index (κ3) is 3.91. The molecule has 1 aliphatic carbocycles. The van der Waals surface area contributed by atoms with E-state index in [-0.39, 0.29) is 17.9 Å². The highest BCUT2D eigenvalue weighted by atomic mass is 32.2. The predicted molar refractivity (Wildman–Crippen MR) is 86.5 cm³/mol. The number of carbonyl (C=O) groups is 1. The lowest BCUT2D eigenvalue weighted by molar-refractivity contribution is -0.125. The summed E-state index contributed by atoms with van der Waals surface area (Å²) in [7, 11) is -3.21. The monoisotopic (exact) mass is 338 g/mol. The number of nitrogens with zero attached hydrogens (tertiary/aromatic N) is 1. The fourth-order valence-electron chi connectivity index (χ4n) is 3.22. The van der Waals surface area contributed by atoms with E-state index in [1.165, 1.54) is 21.7 Å². The summed E-state index contributed by atoms with van der Waals surface area (Å²) in [6.45, 7) is 1.38. The average Bonchev–Trinajstić information content (AvgIpc) is 2.96. The van der Waals surface area contributed by atoms with Gasteiger partial charge in [-0.05, 0) is 24.0 Å². The third-order valence-electron chi connectivity index (χ3n) is 4.50. The first kappa shape index (κ1) is 16.4. The molecule has 1 heterocycles. The summed E-state index contributed by atoms with van der Waals surface area (Å²) in [4.78, 5) is 12.3. The van der Waals surface area contributed by atoms with Gasteiger partial charge in [0.1, 0.15) is 0 Å². The molecule has 1 atom stereocenters. The SMILES string of the molecule is CS(=O)(=O)N1CCOC(CNC(=O)C2Cc3ccccc3C2)C1. The van der Waals surface area contributed by atoms with Crippen LogP contribution in [0.1, 0.15) is 11.1 Å². The van der Waals surface area contributed by atoms with Crippen LogP contribution in [-0.4, -0.2) is 57.2 Å². The number of benzene rings is 1. The molecule has 1 N–H and O–H groups in total. The zero-order valence-electron chi connectivity index (χ0n) is 13.2. The Kier molecular flexibility index (Phi) is 4.70. The van der Waals surface area contributed by atoms with Gasteiger partial charge in [0, 0.05) is 25.6 Å². The molecule has 0 saturated carbocycles. The number of rotatable bonds is 4. The smallest absolute Gasteiger partial charge is 0.223 e. The number of ether oxygens (including phenoxy) is 1. The van der Waals surface area contributed by atoms with E-state index in [1.807, 2.05) is 12.1 Å². The van der Waals surface area contributed by atoms with Gasteiger partial charge in [0.05, 0.1) is 19.0 Å². The Morgan fingerprint density at radius 1 is 1.30 bits per heavy atom. The summed E-state index contributed by atoms with van der Waals surface area (Å²) >= 11 is 0. The quantitative estimate of drug-likeness (QED) is 0.850. The van der Waals surface area contributed by atoms with Gasteiger partial charge in [-0.25, -0.2) is 8.42 Å². The minimum atomic E-state index is -3.21. The van der Waals surface area contributed by atoms with Crippen molar-refractivity contribution in [2.75, 3.05) is 32.5 Å². The predicted octanol–water partition coefficient (Wildman–Crippen LogP) is 0.178. The first-order valence-electron chi connectivity index (χ1n) is 7.84. The Labute approximate surface area is 136 Å². The van der Waals surface area contributed by atoms with E-state index in [0.717, 1.165) is 12.8 Å². The number of hydrogen-bond acceptors (Lipinski definition) is 4. The first-order valence-corrected chi connectivity index (χ1v) is 9.69. The van der Waals surface area contributed by atoms with Gasteiger partial charge in [0.2, 0.25) is 15.9 Å². The van der Waals surface area contributed by atoms with Crippen molar-refractivity contribution >= 4 is 15.9 Å². The lowest BCUT2D eigenvalue weighted by atomic mass is 10.1. The Balaban J connectivity index is 1.50. The molecule has 1 aromatic carbocycles. The molecule has 1 fully saturated rings. The van der Waals surface area contributed by atoms with Crippen LogP contribution >= 0.6 is 0 Å². The van der Waals surface area contributed by atoms with Gasteiger partial charge in [-0.3, -0.25) is 4.79 Å². The summed E-state index contributed by atoms with van der Waals surface area (Å²) in [6.07, 6.45) is 2.45. The largest absolute Gasteiger partial charge is 0.374 e. The maximum atomic E-state index is 12.3. The number of amides is 1. The molecule has 23 heavy (non-hydrogen) atoms. The maximum absolute atomic E-state index is 12.3. The molecule has 0 radical (unpaired) electrons. The molecular formula is C16H22N2O4S. The number of fused-ring (bicyclic) bond motifs is 1. The molecule has 1 aromatic rings. The van der Waals surface area contributed by atoms with Crippen LogP contribution in [-0.2, 0) is 32.4 Å². The average molecular weight is 338 g/mol. The molecule has 3 rings (SSSR count). The molecule has 0 aromatic heterocycles. The summed E-state index contributed by atoms with van der Waals surface area (Å²) in [6, 6.07) is 8.12. The van der Waals surface area contributed by atoms with Crippen molar-refractivity contribution in [1.82, 2.24) is 9.62 Å². The molecular weight excluding hydrogens is 316 g/mol. The second-order valence-corrected chi connectivity index (χ2v) is 8.22. The summed E-state index contributed by atoms with van der Waals surface area (Å²) in [5.41, 5.74) is 2.48. The fourth-order valence-corrected chi connectivity index (χ4v) is 4.06. The van der Waals surface area contributed by atoms with Gasteiger partial charge >= 0.3 is 0 Å². The highest BCUT2D eigenvalue weighted by molar-refractivity contribution is 7.88. The Morgan fingerprint density at radius 3 is 2.57 bits per heavy atom. The third-order valence-corrected chi connectivity index (χ3v) is 5.77. The van der Waals surface area contributed by atoms with Crippen molar-refractivity contribution in [1.29, 1.82) is 0 Å². The molecule has 2 aliphatic rings. The molecule has 1 aliphatic heterocycles. The van der Waals surface area contributed by atoms with Gasteiger partial charge in [-0.1, -0.05) is 24.3 Å². The van der Waals surface area contributed by atoms with E-state index in [9.17, 15) is 13.2 Å². The van der Waals surface area contributed by atoms with Gasteiger partial charge in [0.25, 0.3) is 0 Å². The fraction of sp³-hybridized carbons (Fsp3) is 0.562. The normalized spacial score (nSPS) is 22.7. The highest BCUT2D eigenvalue weighted by Gasteiger charge is 2.29. The van der Waals surface area contributed by atoms with Crippen molar-refractivity contribution in [2.24, 2.45) is 5.92 Å². The van der Waals surface area contributed by atoms with Crippen LogP contribution in [0, 0.1) is 5.92 Å². The number of sulfonamides is 1. The molecule has 1 saturated heterocycles. The van der Waals surface area contributed by atoms with Crippen LogP contribution in [0.3, 0.4) is 0 Å². The molecule has 0 bridgehead atoms. The van der Waals surface area contributed by atoms with E-state index in [0.29, 0.717) is 26.2 Å². The van der Waals surface area contributed by atoms with E-state index in [4.69, 9.17) is 4.74 Å². The molecule has 1 amide bonds. The molecule has 1 unspecified atom stereocenters. The van der Waals surface area contributed by atoms with Crippen LogP contribution in [0.4, 0.5) is 0 Å². The van der Waals surface area contributed by atoms with Crippen molar-refractivity contribution < 1.29 is 17.9 Å². The molecule has 6 nitrogen and oxygen atoms in total. The van der Waals surface area contributed by atoms with Gasteiger partial charge in [-0.2, -0.15) is 4.31 Å². The lowest BCUT2D eigenvalue weighted by Crippen LogP contribution is -2.49. The molecule has 126 valence electrons. The summed E-state index contributed by atoms with van der Waals surface area (Å²) in [5.74, 6) is -0.0247. The Hall–Kier alpha value is -1.44. The topological polar surface area (TPSA) is 75.7 Å². The van der Waals surface area contributed by atoms with E-state index < -0.39 is 10.0 Å². The van der Waals surface area contributed by atoms with Crippen LogP contribution in [0.2, 0.25) is 0 Å². The number of hydrogen-bond donors (Lipinski definition) is 1. The zero-order chi connectivity index (χ0) is 16.4. The second-order valence-electron chi connectivity index (χ2n) is 6.23. The Bertz CT molecular complexity index is 664. The van der Waals surface area contributed by atoms with Crippen LogP contribution in [0.15, 0.2) is 24.3 Å². The van der Waals surface area contributed by atoms with Crippen molar-refractivity contribution in [3.8, 4) is 0 Å². The van der Waals surface area contributed by atoms with Crippen LogP contribution < -0.4 is 5.32 Å². The summed E-state index contributed by atoms with van der Waals surface area (Å²) < 4.78 is 30.1. The minimum Gasteiger partial charge on any atom is -0.374 e. The van der Waals surface area contributed by atoms with Crippen molar-refractivity contribution in [2.45, 2.75) is 18.9 Å². The standard InChI is InChI=1S/C16H22N2O4S/c1-23(20,21)18-6-7-22-15(11-18)10-17-16(19)14-8-12-4-2-3-5-13(12)9-14/h2-5,14-15H,6-11H2,1H3,(H,17,19). The van der Waals surface area contributed by atoms with E-state index >= 15 is 0 Å². The van der Waals surface area contributed by atoms with Crippen molar-refractivity contribution in [3.63, 3.8) is 0 Å². The van der Waals surface area contributed by atoms with Gasteiger partial charge < -0.3 is 10.1 Å². The van der Waals surface area contributed by atoms with E-state index in [1.54, 1.807) is 0 Å². The minimum absolute atomic E-state index is 0.0151. The van der Waals surface area contributed by atoms with Gasteiger partial charge in [-0.15, -0.1) is 0 Å². The van der Waals surface area contributed by atoms with E-state index in [2.05, 4.69) is 17.4 Å². The number of nitrogens with one attached hydrogen (secondary N) is 1.